The zero-order valence-corrected chi connectivity index (χ0v) is 15.3. The minimum Gasteiger partial charge on any atom is -0.494 e. The van der Waals surface area contributed by atoms with Gasteiger partial charge < -0.3 is 4.74 Å². The second kappa shape index (κ2) is 8.41. The third-order valence-electron chi connectivity index (χ3n) is 3.92. The van der Waals surface area contributed by atoms with Gasteiger partial charge in [0.1, 0.15) is 12.1 Å². The SMILES string of the molecule is CCOc1ccc(CN(C)Cn2cnc(-c3cccc([N+](=O)[O-])c3)n2)cc1. The van der Waals surface area contributed by atoms with E-state index in [0.29, 0.717) is 24.7 Å². The van der Waals surface area contributed by atoms with Crippen molar-refractivity contribution in [3.05, 3.63) is 70.5 Å². The van der Waals surface area contributed by atoms with Crippen LogP contribution < -0.4 is 4.74 Å². The van der Waals surface area contributed by atoms with Gasteiger partial charge in [-0.2, -0.15) is 0 Å². The van der Waals surface area contributed by atoms with Gasteiger partial charge in [0, 0.05) is 24.2 Å². The summed E-state index contributed by atoms with van der Waals surface area (Å²) in [4.78, 5) is 16.8. The van der Waals surface area contributed by atoms with Crippen LogP contribution in [-0.2, 0) is 13.2 Å². The van der Waals surface area contributed by atoms with Crippen molar-refractivity contribution >= 4 is 5.69 Å². The van der Waals surface area contributed by atoms with Gasteiger partial charge >= 0.3 is 0 Å². The smallest absolute Gasteiger partial charge is 0.270 e. The molecule has 0 aliphatic heterocycles. The Hall–Kier alpha value is -3.26. The lowest BCUT2D eigenvalue weighted by Crippen LogP contribution is -2.21. The first-order valence-electron chi connectivity index (χ1n) is 8.59. The highest BCUT2D eigenvalue weighted by atomic mass is 16.6. The largest absolute Gasteiger partial charge is 0.494 e. The quantitative estimate of drug-likeness (QED) is 0.448. The Labute approximate surface area is 157 Å². The highest BCUT2D eigenvalue weighted by Gasteiger charge is 2.11. The second-order valence-electron chi connectivity index (χ2n) is 6.15. The fourth-order valence-corrected chi connectivity index (χ4v) is 2.72. The number of nitro benzene ring substituents is 1. The van der Waals surface area contributed by atoms with Crippen molar-refractivity contribution in [2.45, 2.75) is 20.1 Å². The fourth-order valence-electron chi connectivity index (χ4n) is 2.72. The maximum absolute atomic E-state index is 10.9. The highest BCUT2D eigenvalue weighted by molar-refractivity contribution is 5.58. The number of non-ortho nitro benzene ring substituents is 1. The summed E-state index contributed by atoms with van der Waals surface area (Å²) in [6, 6.07) is 14.3. The zero-order chi connectivity index (χ0) is 19.2. The summed E-state index contributed by atoms with van der Waals surface area (Å²) in [7, 11) is 1.99. The molecule has 0 saturated carbocycles. The van der Waals surface area contributed by atoms with Crippen LogP contribution in [0.5, 0.6) is 5.75 Å². The molecule has 8 nitrogen and oxygen atoms in total. The first kappa shape index (κ1) is 18.5. The van der Waals surface area contributed by atoms with Crippen LogP contribution >= 0.6 is 0 Å². The van der Waals surface area contributed by atoms with Crippen LogP contribution in [-0.4, -0.2) is 38.2 Å². The number of nitro groups is 1. The van der Waals surface area contributed by atoms with E-state index in [2.05, 4.69) is 15.0 Å². The lowest BCUT2D eigenvalue weighted by atomic mass is 10.2. The van der Waals surface area contributed by atoms with E-state index in [-0.39, 0.29) is 5.69 Å². The minimum absolute atomic E-state index is 0.0245. The maximum atomic E-state index is 10.9. The molecule has 0 unspecified atom stereocenters. The molecule has 3 rings (SSSR count). The number of hydrogen-bond acceptors (Lipinski definition) is 6. The molecule has 0 radical (unpaired) electrons. The summed E-state index contributed by atoms with van der Waals surface area (Å²) in [6.45, 7) is 3.91. The first-order valence-corrected chi connectivity index (χ1v) is 8.59. The predicted molar refractivity (Wildman–Crippen MR) is 101 cm³/mol. The number of nitrogens with zero attached hydrogens (tertiary/aromatic N) is 5. The van der Waals surface area contributed by atoms with Gasteiger partial charge in [-0.25, -0.2) is 9.67 Å². The lowest BCUT2D eigenvalue weighted by Gasteiger charge is -2.16. The lowest BCUT2D eigenvalue weighted by molar-refractivity contribution is -0.384. The number of rotatable bonds is 8. The van der Waals surface area contributed by atoms with Gasteiger partial charge in [-0.05, 0) is 31.7 Å². The molecule has 0 spiro atoms. The molecule has 0 amide bonds. The van der Waals surface area contributed by atoms with Crippen molar-refractivity contribution in [2.75, 3.05) is 13.7 Å². The van der Waals surface area contributed by atoms with Crippen molar-refractivity contribution in [3.63, 3.8) is 0 Å². The number of hydrogen-bond donors (Lipinski definition) is 0. The highest BCUT2D eigenvalue weighted by Crippen LogP contribution is 2.20. The van der Waals surface area contributed by atoms with Crippen LogP contribution in [0.15, 0.2) is 54.9 Å². The van der Waals surface area contributed by atoms with Gasteiger partial charge in [-0.15, -0.1) is 5.10 Å². The Morgan fingerprint density at radius 2 is 2.00 bits per heavy atom. The summed E-state index contributed by atoms with van der Waals surface area (Å²) in [6.07, 6.45) is 1.63. The molecule has 3 aromatic rings. The topological polar surface area (TPSA) is 86.3 Å². The minimum atomic E-state index is -0.426. The molecule has 8 heteroatoms. The average molecular weight is 367 g/mol. The average Bonchev–Trinajstić information content (AvgIpc) is 3.12. The zero-order valence-electron chi connectivity index (χ0n) is 15.3. The third kappa shape index (κ3) is 4.89. The van der Waals surface area contributed by atoms with E-state index >= 15 is 0 Å². The van der Waals surface area contributed by atoms with Crippen molar-refractivity contribution in [3.8, 4) is 17.1 Å². The van der Waals surface area contributed by atoms with Gasteiger partial charge in [0.15, 0.2) is 5.82 Å². The fraction of sp³-hybridized carbons (Fsp3) is 0.263. The summed E-state index contributed by atoms with van der Waals surface area (Å²) < 4.78 is 7.16. The number of ether oxygens (including phenoxy) is 1. The maximum Gasteiger partial charge on any atom is 0.270 e. The van der Waals surface area contributed by atoms with Crippen LogP contribution in [0, 0.1) is 10.1 Å². The van der Waals surface area contributed by atoms with Crippen molar-refractivity contribution in [1.82, 2.24) is 19.7 Å². The monoisotopic (exact) mass is 367 g/mol. The molecule has 1 aromatic heterocycles. The Bertz CT molecular complexity index is 908. The molecule has 0 fully saturated rings. The molecule has 27 heavy (non-hydrogen) atoms. The van der Waals surface area contributed by atoms with E-state index < -0.39 is 4.92 Å². The molecule has 0 atom stereocenters. The summed E-state index contributed by atoms with van der Waals surface area (Å²) in [5.41, 5.74) is 1.81. The van der Waals surface area contributed by atoms with E-state index in [1.54, 1.807) is 23.1 Å². The Morgan fingerprint density at radius 1 is 1.22 bits per heavy atom. The molecule has 1 heterocycles. The molecular weight excluding hydrogens is 346 g/mol. The number of aromatic nitrogens is 3. The van der Waals surface area contributed by atoms with Crippen molar-refractivity contribution < 1.29 is 9.66 Å². The van der Waals surface area contributed by atoms with E-state index in [0.717, 1.165) is 12.3 Å². The standard InChI is InChI=1S/C19H21N5O3/c1-3-27-18-9-7-15(8-10-18)12-22(2)14-23-13-20-19(21-23)16-5-4-6-17(11-16)24(25)26/h4-11,13H,3,12,14H2,1-2H3. The molecular formula is C19H21N5O3. The van der Waals surface area contributed by atoms with Crippen molar-refractivity contribution in [1.29, 1.82) is 0 Å². The van der Waals surface area contributed by atoms with E-state index in [9.17, 15) is 10.1 Å². The Kier molecular flexibility index (Phi) is 5.77. The van der Waals surface area contributed by atoms with E-state index in [4.69, 9.17) is 4.74 Å². The molecule has 0 aliphatic carbocycles. The van der Waals surface area contributed by atoms with Gasteiger partial charge in [0.2, 0.25) is 0 Å². The number of benzene rings is 2. The molecule has 2 aromatic carbocycles. The Morgan fingerprint density at radius 3 is 2.70 bits per heavy atom. The molecule has 0 N–H and O–H groups in total. The predicted octanol–water partition coefficient (Wildman–Crippen LogP) is 3.34. The van der Waals surface area contributed by atoms with Crippen LogP contribution in [0.25, 0.3) is 11.4 Å². The van der Waals surface area contributed by atoms with Gasteiger partial charge in [0.25, 0.3) is 5.69 Å². The van der Waals surface area contributed by atoms with Gasteiger partial charge in [0.05, 0.1) is 18.2 Å². The molecule has 140 valence electrons. The summed E-state index contributed by atoms with van der Waals surface area (Å²) in [5.74, 6) is 1.33. The normalized spacial score (nSPS) is 10.9. The molecule has 0 aliphatic rings. The molecule has 0 bridgehead atoms. The van der Waals surface area contributed by atoms with E-state index in [1.165, 1.54) is 17.7 Å². The van der Waals surface area contributed by atoms with Crippen LogP contribution in [0.4, 0.5) is 5.69 Å². The van der Waals surface area contributed by atoms with Gasteiger partial charge in [-0.1, -0.05) is 24.3 Å². The van der Waals surface area contributed by atoms with Crippen LogP contribution in [0.1, 0.15) is 12.5 Å². The first-order chi connectivity index (χ1) is 13.0. The van der Waals surface area contributed by atoms with E-state index in [1.807, 2.05) is 38.2 Å². The second-order valence-corrected chi connectivity index (χ2v) is 6.15. The van der Waals surface area contributed by atoms with Crippen molar-refractivity contribution in [2.24, 2.45) is 0 Å². The van der Waals surface area contributed by atoms with Crippen LogP contribution in [0.3, 0.4) is 0 Å². The molecule has 0 saturated heterocycles. The summed E-state index contributed by atoms with van der Waals surface area (Å²) in [5, 5.41) is 15.3. The third-order valence-corrected chi connectivity index (χ3v) is 3.92. The summed E-state index contributed by atoms with van der Waals surface area (Å²) >= 11 is 0. The van der Waals surface area contributed by atoms with Crippen LogP contribution in [0.2, 0.25) is 0 Å². The van der Waals surface area contributed by atoms with Gasteiger partial charge in [-0.3, -0.25) is 15.0 Å². The Balaban J connectivity index is 1.63.